The van der Waals surface area contributed by atoms with Crippen LogP contribution in [-0.4, -0.2) is 29.2 Å². The van der Waals surface area contributed by atoms with Crippen molar-refractivity contribution >= 4 is 21.9 Å². The van der Waals surface area contributed by atoms with E-state index in [9.17, 15) is 13.0 Å². The molecular weight excluding hydrogens is 195 g/mol. The standard InChI is InChI=1S/C5H10O3S2.Na/c1-4-5(2-3-9-4)10(6,7)8;/h4-5H,2-3H2,1H3,(H,6,7,8);/q;+1/p-1. The Morgan fingerprint density at radius 3 is 2.27 bits per heavy atom. The van der Waals surface area contributed by atoms with Crippen molar-refractivity contribution in [1.29, 1.82) is 0 Å². The van der Waals surface area contributed by atoms with E-state index >= 15 is 0 Å². The normalized spacial score (nSPS) is 31.5. The molecule has 11 heavy (non-hydrogen) atoms. The molecule has 0 radical (unpaired) electrons. The van der Waals surface area contributed by atoms with Crippen molar-refractivity contribution in [2.75, 3.05) is 5.75 Å². The molecule has 60 valence electrons. The summed E-state index contributed by atoms with van der Waals surface area (Å²) in [6, 6.07) is 0. The average Bonchev–Trinajstić information content (AvgIpc) is 2.11. The van der Waals surface area contributed by atoms with Gasteiger partial charge in [-0.15, -0.1) is 0 Å². The van der Waals surface area contributed by atoms with E-state index in [1.807, 2.05) is 0 Å². The molecule has 3 nitrogen and oxygen atoms in total. The summed E-state index contributed by atoms with van der Waals surface area (Å²) < 4.78 is 31.4. The molecule has 1 rings (SSSR count). The molecule has 0 amide bonds. The fourth-order valence-corrected chi connectivity index (χ4v) is 3.87. The largest absolute Gasteiger partial charge is 1.00 e. The van der Waals surface area contributed by atoms with Gasteiger partial charge in [-0.2, -0.15) is 11.8 Å². The molecule has 0 aromatic carbocycles. The van der Waals surface area contributed by atoms with E-state index in [1.54, 1.807) is 18.7 Å². The molecule has 0 aliphatic carbocycles. The van der Waals surface area contributed by atoms with Crippen LogP contribution >= 0.6 is 11.8 Å². The van der Waals surface area contributed by atoms with Gasteiger partial charge in [-0.3, -0.25) is 0 Å². The van der Waals surface area contributed by atoms with Gasteiger partial charge in [0.25, 0.3) is 0 Å². The summed E-state index contributed by atoms with van der Waals surface area (Å²) >= 11 is 1.55. The van der Waals surface area contributed by atoms with Crippen molar-refractivity contribution in [2.45, 2.75) is 23.8 Å². The van der Waals surface area contributed by atoms with Crippen LogP contribution < -0.4 is 29.6 Å². The molecule has 0 aromatic heterocycles. The van der Waals surface area contributed by atoms with E-state index in [-0.39, 0.29) is 34.8 Å². The van der Waals surface area contributed by atoms with Crippen molar-refractivity contribution in [3.8, 4) is 0 Å². The van der Waals surface area contributed by atoms with E-state index in [4.69, 9.17) is 0 Å². The average molecular weight is 204 g/mol. The Hall–Kier alpha value is 1.26. The second-order valence-corrected chi connectivity index (χ2v) is 5.47. The zero-order valence-corrected chi connectivity index (χ0v) is 10.2. The molecule has 2 unspecified atom stereocenters. The van der Waals surface area contributed by atoms with Crippen molar-refractivity contribution in [3.05, 3.63) is 0 Å². The van der Waals surface area contributed by atoms with E-state index in [0.29, 0.717) is 6.42 Å². The summed E-state index contributed by atoms with van der Waals surface area (Å²) in [5, 5.41) is -0.653. The molecule has 1 saturated heterocycles. The molecule has 0 saturated carbocycles. The summed E-state index contributed by atoms with van der Waals surface area (Å²) in [6.07, 6.45) is 0.525. The molecule has 1 heterocycles. The van der Waals surface area contributed by atoms with Crippen LogP contribution in [0.2, 0.25) is 0 Å². The van der Waals surface area contributed by atoms with Gasteiger partial charge in [-0.05, 0) is 12.2 Å². The summed E-state index contributed by atoms with van der Waals surface area (Å²) in [4.78, 5) is 0. The summed E-state index contributed by atoms with van der Waals surface area (Å²) in [7, 11) is -4.02. The number of rotatable bonds is 1. The van der Waals surface area contributed by atoms with E-state index < -0.39 is 15.4 Å². The Bertz CT molecular complexity index is 214. The molecule has 0 bridgehead atoms. The molecule has 6 heteroatoms. The van der Waals surface area contributed by atoms with Gasteiger partial charge in [0.2, 0.25) is 0 Å². The molecule has 1 fully saturated rings. The Labute approximate surface area is 93.4 Å². The van der Waals surface area contributed by atoms with Crippen LogP contribution in [0.4, 0.5) is 0 Å². The van der Waals surface area contributed by atoms with Crippen LogP contribution in [0, 0.1) is 0 Å². The van der Waals surface area contributed by atoms with Crippen LogP contribution in [0.25, 0.3) is 0 Å². The zero-order valence-electron chi connectivity index (χ0n) is 6.61. The molecule has 1 aliphatic rings. The van der Waals surface area contributed by atoms with Crippen LogP contribution in [0.5, 0.6) is 0 Å². The van der Waals surface area contributed by atoms with Crippen LogP contribution in [-0.2, 0) is 10.1 Å². The van der Waals surface area contributed by atoms with E-state index in [0.717, 1.165) is 5.75 Å². The zero-order chi connectivity index (χ0) is 7.78. The second kappa shape index (κ2) is 4.48. The van der Waals surface area contributed by atoms with Gasteiger partial charge >= 0.3 is 29.6 Å². The molecule has 0 N–H and O–H groups in total. The Kier molecular flexibility index (Phi) is 5.00. The topological polar surface area (TPSA) is 57.2 Å². The minimum Gasteiger partial charge on any atom is -0.748 e. The van der Waals surface area contributed by atoms with Gasteiger partial charge in [0.05, 0.1) is 15.4 Å². The Balaban J connectivity index is 0.000001000. The van der Waals surface area contributed by atoms with Crippen LogP contribution in [0.15, 0.2) is 0 Å². The minimum atomic E-state index is -4.02. The minimum absolute atomic E-state index is 0. The molecule has 2 atom stereocenters. The van der Waals surface area contributed by atoms with Gasteiger partial charge in [0.1, 0.15) is 0 Å². The van der Waals surface area contributed by atoms with Gasteiger partial charge < -0.3 is 4.55 Å². The first-order valence-electron chi connectivity index (χ1n) is 3.08. The molecular formula is C5H9NaO3S2. The first-order chi connectivity index (χ1) is 4.52. The number of hydrogen-bond acceptors (Lipinski definition) is 4. The van der Waals surface area contributed by atoms with Gasteiger partial charge in [0, 0.05) is 5.25 Å². The van der Waals surface area contributed by atoms with Crippen molar-refractivity contribution in [2.24, 2.45) is 0 Å². The fraction of sp³-hybridized carbons (Fsp3) is 1.00. The summed E-state index contributed by atoms with van der Waals surface area (Å²) in [6.45, 7) is 1.79. The number of hydrogen-bond donors (Lipinski definition) is 0. The summed E-state index contributed by atoms with van der Waals surface area (Å²) in [5.41, 5.74) is 0. The predicted octanol–water partition coefficient (Wildman–Crippen LogP) is -2.57. The van der Waals surface area contributed by atoms with E-state index in [2.05, 4.69) is 0 Å². The number of thioether (sulfide) groups is 1. The third kappa shape index (κ3) is 3.24. The third-order valence-corrected chi connectivity index (χ3v) is 4.56. The fourth-order valence-electron chi connectivity index (χ4n) is 1.09. The maximum atomic E-state index is 10.5. The molecule has 1 aliphatic heterocycles. The van der Waals surface area contributed by atoms with Gasteiger partial charge in [-0.1, -0.05) is 6.92 Å². The SMILES string of the molecule is CC1SCCC1S(=O)(=O)[O-].[Na+]. The third-order valence-electron chi connectivity index (χ3n) is 1.68. The first kappa shape index (κ1) is 12.3. The Morgan fingerprint density at radius 2 is 2.09 bits per heavy atom. The van der Waals surface area contributed by atoms with Crippen molar-refractivity contribution in [1.82, 2.24) is 0 Å². The monoisotopic (exact) mass is 204 g/mol. The maximum absolute atomic E-state index is 10.5. The smallest absolute Gasteiger partial charge is 0.748 e. The maximum Gasteiger partial charge on any atom is 1.00 e. The van der Waals surface area contributed by atoms with Gasteiger partial charge in [-0.25, -0.2) is 8.42 Å². The van der Waals surface area contributed by atoms with Crippen molar-refractivity contribution < 1.29 is 42.5 Å². The quantitative estimate of drug-likeness (QED) is 0.348. The molecule has 0 aromatic rings. The van der Waals surface area contributed by atoms with Crippen LogP contribution in [0.3, 0.4) is 0 Å². The first-order valence-corrected chi connectivity index (χ1v) is 5.60. The van der Waals surface area contributed by atoms with Gasteiger partial charge in [0.15, 0.2) is 0 Å². The van der Waals surface area contributed by atoms with Crippen LogP contribution in [0.1, 0.15) is 13.3 Å². The summed E-state index contributed by atoms with van der Waals surface area (Å²) in [5.74, 6) is 0.799. The van der Waals surface area contributed by atoms with E-state index in [1.165, 1.54) is 0 Å². The Morgan fingerprint density at radius 1 is 1.55 bits per heavy atom. The second-order valence-electron chi connectivity index (χ2n) is 2.40. The predicted molar refractivity (Wildman–Crippen MR) is 40.0 cm³/mol. The molecule has 0 spiro atoms. The van der Waals surface area contributed by atoms with Crippen molar-refractivity contribution in [3.63, 3.8) is 0 Å².